The van der Waals surface area contributed by atoms with Gasteiger partial charge in [0.1, 0.15) is 11.4 Å². The molecule has 1 aliphatic heterocycles. The van der Waals surface area contributed by atoms with Gasteiger partial charge in [-0.25, -0.2) is 9.59 Å². The van der Waals surface area contributed by atoms with Crippen LogP contribution in [0.1, 0.15) is 79.4 Å². The summed E-state index contributed by atoms with van der Waals surface area (Å²) in [5.41, 5.74) is 10.8. The third-order valence-corrected chi connectivity index (χ3v) is 6.11. The minimum Gasteiger partial charge on any atom is -0.496 e. The Hall–Kier alpha value is -3.81. The molecule has 1 heterocycles. The van der Waals surface area contributed by atoms with Crippen molar-refractivity contribution < 1.29 is 28.6 Å². The molecule has 0 fully saturated rings. The maximum absolute atomic E-state index is 13.1. The number of ether oxygens (including phenoxy) is 3. The van der Waals surface area contributed by atoms with Gasteiger partial charge in [0.15, 0.2) is 0 Å². The Morgan fingerprint density at radius 3 is 2.46 bits per heavy atom. The van der Waals surface area contributed by atoms with Gasteiger partial charge >= 0.3 is 18.0 Å². The van der Waals surface area contributed by atoms with E-state index in [2.05, 4.69) is 5.32 Å². The van der Waals surface area contributed by atoms with E-state index in [0.717, 1.165) is 22.3 Å². The van der Waals surface area contributed by atoms with Crippen LogP contribution in [0, 0.1) is 13.8 Å². The number of amides is 2. The number of rotatable bonds is 8. The SMILES string of the molecule is COc1c(C)c2c(c(-c3cccc(C)c3)c1CC=C(C)CCC(=O)OC(C)(C)C)C(=O)OC2NC(N)=O. The number of allylic oxidation sites excluding steroid dienone is 2. The van der Waals surface area contributed by atoms with E-state index in [1.165, 1.54) is 0 Å². The first-order chi connectivity index (χ1) is 17.3. The number of benzene rings is 2. The summed E-state index contributed by atoms with van der Waals surface area (Å²) in [6.45, 7) is 11.3. The van der Waals surface area contributed by atoms with E-state index in [0.29, 0.717) is 40.8 Å². The molecule has 2 aromatic carbocycles. The smallest absolute Gasteiger partial charge is 0.341 e. The van der Waals surface area contributed by atoms with Gasteiger partial charge in [-0.1, -0.05) is 41.5 Å². The maximum atomic E-state index is 13.1. The number of primary amides is 1. The van der Waals surface area contributed by atoms with Crippen LogP contribution in [0.4, 0.5) is 4.79 Å². The Labute approximate surface area is 218 Å². The van der Waals surface area contributed by atoms with E-state index in [9.17, 15) is 14.4 Å². The lowest BCUT2D eigenvalue weighted by Crippen LogP contribution is -2.33. The van der Waals surface area contributed by atoms with Gasteiger partial charge in [0.2, 0.25) is 6.23 Å². The zero-order valence-corrected chi connectivity index (χ0v) is 22.6. The molecule has 2 aromatic rings. The lowest BCUT2D eigenvalue weighted by molar-refractivity contribution is -0.154. The molecule has 2 amide bonds. The van der Waals surface area contributed by atoms with Gasteiger partial charge in [-0.15, -0.1) is 0 Å². The first-order valence-electron chi connectivity index (χ1n) is 12.3. The molecule has 37 heavy (non-hydrogen) atoms. The largest absolute Gasteiger partial charge is 0.496 e. The number of hydrogen-bond donors (Lipinski definition) is 2. The molecule has 198 valence electrons. The maximum Gasteiger partial charge on any atom is 0.341 e. The minimum absolute atomic E-state index is 0.248. The highest BCUT2D eigenvalue weighted by Gasteiger charge is 2.39. The Kier molecular flexibility index (Phi) is 8.31. The quantitative estimate of drug-likeness (QED) is 0.363. The van der Waals surface area contributed by atoms with Crippen molar-refractivity contribution >= 4 is 18.0 Å². The van der Waals surface area contributed by atoms with Crippen LogP contribution in [0.3, 0.4) is 0 Å². The summed E-state index contributed by atoms with van der Waals surface area (Å²) in [5, 5.41) is 2.51. The van der Waals surface area contributed by atoms with Crippen molar-refractivity contribution in [1.29, 1.82) is 0 Å². The lowest BCUT2D eigenvalue weighted by Gasteiger charge is -2.21. The van der Waals surface area contributed by atoms with Crippen molar-refractivity contribution in [3.8, 4) is 16.9 Å². The number of nitrogens with one attached hydrogen (secondary N) is 1. The zero-order chi connectivity index (χ0) is 27.5. The molecule has 0 radical (unpaired) electrons. The number of carbonyl (C=O) groups is 3. The number of urea groups is 1. The third-order valence-electron chi connectivity index (χ3n) is 6.11. The standard InChI is InChI=1S/C29H36N2O6/c1-16(12-14-21(32)37-29(4,5)6)11-13-20-23(19-10-8-9-17(2)15-19)24-22(18(3)25(20)35-7)26(31-28(30)34)36-27(24)33/h8-11,15,26H,12-14H2,1-7H3,(H3,30,31,34). The van der Waals surface area contributed by atoms with Gasteiger partial charge in [0, 0.05) is 28.7 Å². The molecule has 0 aromatic heterocycles. The fourth-order valence-corrected chi connectivity index (χ4v) is 4.59. The average Bonchev–Trinajstić information content (AvgIpc) is 3.10. The zero-order valence-electron chi connectivity index (χ0n) is 22.6. The van der Waals surface area contributed by atoms with E-state index >= 15 is 0 Å². The van der Waals surface area contributed by atoms with Crippen LogP contribution < -0.4 is 15.8 Å². The topological polar surface area (TPSA) is 117 Å². The summed E-state index contributed by atoms with van der Waals surface area (Å²) >= 11 is 0. The van der Waals surface area contributed by atoms with E-state index in [1.54, 1.807) is 7.11 Å². The molecular weight excluding hydrogens is 472 g/mol. The minimum atomic E-state index is -1.00. The highest BCUT2D eigenvalue weighted by molar-refractivity contribution is 6.04. The molecule has 1 aliphatic rings. The number of carbonyl (C=O) groups excluding carboxylic acids is 3. The summed E-state index contributed by atoms with van der Waals surface area (Å²) in [4.78, 5) is 36.9. The van der Waals surface area contributed by atoms with Gasteiger partial charge in [-0.3, -0.25) is 10.1 Å². The average molecular weight is 509 g/mol. The predicted octanol–water partition coefficient (Wildman–Crippen LogP) is 5.43. The van der Waals surface area contributed by atoms with Crippen molar-refractivity contribution in [3.63, 3.8) is 0 Å². The number of methoxy groups -OCH3 is 1. The van der Waals surface area contributed by atoms with Crippen LogP contribution in [-0.2, 0) is 20.7 Å². The normalized spacial score (nSPS) is 15.2. The highest BCUT2D eigenvalue weighted by Crippen LogP contribution is 2.46. The van der Waals surface area contributed by atoms with E-state index in [1.807, 2.05) is 71.9 Å². The van der Waals surface area contributed by atoms with Crippen LogP contribution in [0.5, 0.6) is 5.75 Å². The number of cyclic esters (lactones) is 1. The summed E-state index contributed by atoms with van der Waals surface area (Å²) in [5.74, 6) is -0.189. The molecular formula is C29H36N2O6. The van der Waals surface area contributed by atoms with E-state index in [4.69, 9.17) is 19.9 Å². The molecule has 3 N–H and O–H groups in total. The number of esters is 2. The molecule has 1 atom stereocenters. The third kappa shape index (κ3) is 6.50. The fourth-order valence-electron chi connectivity index (χ4n) is 4.59. The lowest BCUT2D eigenvalue weighted by atomic mass is 9.85. The Balaban J connectivity index is 2.09. The molecule has 0 aliphatic carbocycles. The number of fused-ring (bicyclic) bond motifs is 1. The predicted molar refractivity (Wildman–Crippen MR) is 141 cm³/mol. The van der Waals surface area contributed by atoms with Gasteiger partial charge in [0.05, 0.1) is 12.7 Å². The van der Waals surface area contributed by atoms with Crippen LogP contribution in [0.2, 0.25) is 0 Å². The fraction of sp³-hybridized carbons (Fsp3) is 0.414. The number of aryl methyl sites for hydroxylation is 1. The summed E-state index contributed by atoms with van der Waals surface area (Å²) < 4.78 is 16.8. The summed E-state index contributed by atoms with van der Waals surface area (Å²) in [7, 11) is 1.57. The van der Waals surface area contributed by atoms with Crippen molar-refractivity contribution in [3.05, 3.63) is 63.7 Å². The Morgan fingerprint density at radius 1 is 1.16 bits per heavy atom. The second kappa shape index (κ2) is 11.1. The molecule has 0 saturated carbocycles. The monoisotopic (exact) mass is 508 g/mol. The van der Waals surface area contributed by atoms with Gasteiger partial charge < -0.3 is 19.9 Å². The van der Waals surface area contributed by atoms with Crippen molar-refractivity contribution in [2.45, 2.75) is 72.6 Å². The first-order valence-corrected chi connectivity index (χ1v) is 12.3. The van der Waals surface area contributed by atoms with E-state index in [-0.39, 0.29) is 12.4 Å². The second-order valence-electron chi connectivity index (χ2n) is 10.3. The molecule has 0 bridgehead atoms. The molecule has 0 saturated heterocycles. The van der Waals surface area contributed by atoms with Gasteiger partial charge in [0.25, 0.3) is 0 Å². The Morgan fingerprint density at radius 2 is 1.86 bits per heavy atom. The first kappa shape index (κ1) is 27.8. The van der Waals surface area contributed by atoms with Crippen LogP contribution >= 0.6 is 0 Å². The molecule has 8 nitrogen and oxygen atoms in total. The van der Waals surface area contributed by atoms with E-state index < -0.39 is 23.8 Å². The van der Waals surface area contributed by atoms with Crippen molar-refractivity contribution in [2.75, 3.05) is 7.11 Å². The van der Waals surface area contributed by atoms with Crippen molar-refractivity contribution in [1.82, 2.24) is 5.32 Å². The molecule has 8 heteroatoms. The van der Waals surface area contributed by atoms with Crippen LogP contribution in [-0.4, -0.2) is 30.7 Å². The highest BCUT2D eigenvalue weighted by atomic mass is 16.6. The molecule has 0 spiro atoms. The number of nitrogens with two attached hydrogens (primary N) is 1. The van der Waals surface area contributed by atoms with Crippen LogP contribution in [0.25, 0.3) is 11.1 Å². The van der Waals surface area contributed by atoms with Crippen LogP contribution in [0.15, 0.2) is 35.9 Å². The summed E-state index contributed by atoms with van der Waals surface area (Å²) in [6.07, 6.45) is 2.32. The molecule has 1 unspecified atom stereocenters. The number of hydrogen-bond acceptors (Lipinski definition) is 6. The van der Waals surface area contributed by atoms with Gasteiger partial charge in [-0.05, 0) is 59.9 Å². The molecule has 3 rings (SSSR count). The summed E-state index contributed by atoms with van der Waals surface area (Å²) in [6, 6.07) is 7.03. The second-order valence-corrected chi connectivity index (χ2v) is 10.3. The van der Waals surface area contributed by atoms with Crippen molar-refractivity contribution in [2.24, 2.45) is 5.73 Å². The van der Waals surface area contributed by atoms with Gasteiger partial charge in [-0.2, -0.15) is 0 Å². The Bertz CT molecular complexity index is 1260.